The van der Waals surface area contributed by atoms with Gasteiger partial charge in [0, 0.05) is 18.8 Å². The van der Waals surface area contributed by atoms with E-state index in [2.05, 4.69) is 4.98 Å². The van der Waals surface area contributed by atoms with Crippen LogP contribution in [0.15, 0.2) is 89.0 Å². The van der Waals surface area contributed by atoms with E-state index in [1.165, 1.54) is 11.2 Å². The maximum atomic E-state index is 13.1. The van der Waals surface area contributed by atoms with Gasteiger partial charge in [-0.3, -0.25) is 14.6 Å². The number of aryl methyl sites for hydroxylation is 1. The number of rotatable bonds is 7. The van der Waals surface area contributed by atoms with Gasteiger partial charge in [0.15, 0.2) is 11.5 Å². The molecule has 1 N–H and O–H groups in total. The second kappa shape index (κ2) is 8.14. The van der Waals surface area contributed by atoms with E-state index in [9.17, 15) is 14.7 Å². The van der Waals surface area contributed by atoms with Crippen molar-refractivity contribution in [2.75, 3.05) is 0 Å². The van der Waals surface area contributed by atoms with Gasteiger partial charge in [-0.1, -0.05) is 36.4 Å². The molecule has 2 aromatic heterocycles. The van der Waals surface area contributed by atoms with Gasteiger partial charge in [-0.15, -0.1) is 0 Å². The number of hydrogen-bond acceptors (Lipinski definition) is 5. The zero-order chi connectivity index (χ0) is 20.2. The molecule has 0 spiro atoms. The highest BCUT2D eigenvalue weighted by molar-refractivity contribution is 6.08. The van der Waals surface area contributed by atoms with E-state index < -0.39 is 17.7 Å². The van der Waals surface area contributed by atoms with Gasteiger partial charge in [-0.25, -0.2) is 0 Å². The van der Waals surface area contributed by atoms with Gasteiger partial charge in [0.2, 0.25) is 0 Å². The third kappa shape index (κ3) is 3.82. The Bertz CT molecular complexity index is 1030. The molecule has 1 aromatic carbocycles. The molecular formula is C23H20N2O4. The van der Waals surface area contributed by atoms with Crippen molar-refractivity contribution in [3.05, 3.63) is 101 Å². The van der Waals surface area contributed by atoms with Crippen LogP contribution in [-0.4, -0.2) is 26.7 Å². The lowest BCUT2D eigenvalue weighted by atomic mass is 9.94. The molecule has 4 rings (SSSR count). The third-order valence-electron chi connectivity index (χ3n) is 4.99. The van der Waals surface area contributed by atoms with Crippen molar-refractivity contribution in [1.82, 2.24) is 9.88 Å². The van der Waals surface area contributed by atoms with E-state index in [4.69, 9.17) is 4.42 Å². The summed E-state index contributed by atoms with van der Waals surface area (Å²) in [6.45, 7) is 0.144. The predicted octanol–water partition coefficient (Wildman–Crippen LogP) is 3.77. The fourth-order valence-corrected chi connectivity index (χ4v) is 3.59. The lowest BCUT2D eigenvalue weighted by Crippen LogP contribution is -2.30. The highest BCUT2D eigenvalue weighted by atomic mass is 16.3. The van der Waals surface area contributed by atoms with Crippen LogP contribution in [0, 0.1) is 0 Å². The molecule has 1 atom stereocenters. The van der Waals surface area contributed by atoms with Crippen molar-refractivity contribution in [2.24, 2.45) is 0 Å². The molecule has 3 aromatic rings. The molecule has 0 aliphatic carbocycles. The van der Waals surface area contributed by atoms with Crippen molar-refractivity contribution in [1.29, 1.82) is 0 Å². The number of aromatic nitrogens is 1. The summed E-state index contributed by atoms with van der Waals surface area (Å²) in [6.07, 6.45) is 5.48. The Morgan fingerprint density at radius 1 is 1.10 bits per heavy atom. The number of Topliss-reactive ketones (excluding diaryl/α,β-unsaturated/α-hetero) is 1. The zero-order valence-corrected chi connectivity index (χ0v) is 15.7. The van der Waals surface area contributed by atoms with Crippen LogP contribution in [0.25, 0.3) is 0 Å². The van der Waals surface area contributed by atoms with Crippen LogP contribution in [0.3, 0.4) is 0 Å². The van der Waals surface area contributed by atoms with Gasteiger partial charge in [0.25, 0.3) is 5.91 Å². The van der Waals surface area contributed by atoms with Gasteiger partial charge in [0.05, 0.1) is 24.4 Å². The lowest BCUT2D eigenvalue weighted by Gasteiger charge is -2.25. The molecule has 6 nitrogen and oxygen atoms in total. The van der Waals surface area contributed by atoms with Crippen LogP contribution >= 0.6 is 0 Å². The number of furan rings is 1. The van der Waals surface area contributed by atoms with Gasteiger partial charge in [-0.2, -0.15) is 0 Å². The standard InChI is InChI=1S/C23H20N2O4/c26-19(11-10-16-6-2-1-3-7-16)20-21(17-8-4-12-24-14-17)25(23(28)22(20)27)15-18-9-5-13-29-18/h1-9,12-14,21,27H,10-11,15H2. The second-order valence-corrected chi connectivity index (χ2v) is 6.87. The normalized spacial score (nSPS) is 16.5. The largest absolute Gasteiger partial charge is 0.503 e. The van der Waals surface area contributed by atoms with E-state index in [0.29, 0.717) is 17.7 Å². The Morgan fingerprint density at radius 2 is 1.93 bits per heavy atom. The molecule has 0 radical (unpaired) electrons. The Labute approximate surface area is 168 Å². The average Bonchev–Trinajstić information content (AvgIpc) is 3.36. The van der Waals surface area contributed by atoms with Gasteiger partial charge in [-0.05, 0) is 35.7 Å². The molecule has 29 heavy (non-hydrogen) atoms. The minimum Gasteiger partial charge on any atom is -0.503 e. The van der Waals surface area contributed by atoms with Crippen molar-refractivity contribution in [3.8, 4) is 0 Å². The van der Waals surface area contributed by atoms with E-state index in [0.717, 1.165) is 5.56 Å². The fraction of sp³-hybridized carbons (Fsp3) is 0.174. The van der Waals surface area contributed by atoms with Crippen LogP contribution in [0.4, 0.5) is 0 Å². The summed E-state index contributed by atoms with van der Waals surface area (Å²) in [4.78, 5) is 31.4. The number of aliphatic hydroxyl groups is 1. The molecular weight excluding hydrogens is 368 g/mol. The first-order chi connectivity index (χ1) is 14.1. The molecule has 0 fully saturated rings. The van der Waals surface area contributed by atoms with Gasteiger partial charge in [0.1, 0.15) is 5.76 Å². The number of hydrogen-bond donors (Lipinski definition) is 1. The summed E-state index contributed by atoms with van der Waals surface area (Å²) in [5.74, 6) is -0.768. The third-order valence-corrected chi connectivity index (χ3v) is 4.99. The number of aliphatic hydroxyl groups excluding tert-OH is 1. The van der Waals surface area contributed by atoms with E-state index >= 15 is 0 Å². The topological polar surface area (TPSA) is 83.6 Å². The molecule has 0 saturated heterocycles. The molecule has 0 bridgehead atoms. The number of pyridine rings is 1. The first-order valence-electron chi connectivity index (χ1n) is 9.38. The molecule has 3 heterocycles. The quantitative estimate of drug-likeness (QED) is 0.666. The van der Waals surface area contributed by atoms with Gasteiger partial charge < -0.3 is 14.4 Å². The van der Waals surface area contributed by atoms with Crippen molar-refractivity contribution >= 4 is 11.7 Å². The Morgan fingerprint density at radius 3 is 2.62 bits per heavy atom. The van der Waals surface area contributed by atoms with Gasteiger partial charge >= 0.3 is 0 Å². The summed E-state index contributed by atoms with van der Waals surface area (Å²) in [7, 11) is 0. The predicted molar refractivity (Wildman–Crippen MR) is 106 cm³/mol. The summed E-state index contributed by atoms with van der Waals surface area (Å²) >= 11 is 0. The molecule has 1 unspecified atom stereocenters. The smallest absolute Gasteiger partial charge is 0.290 e. The van der Waals surface area contributed by atoms with Crippen LogP contribution in [-0.2, 0) is 22.6 Å². The van der Waals surface area contributed by atoms with Crippen LogP contribution in [0.2, 0.25) is 0 Å². The molecule has 0 saturated carbocycles. The number of carbonyl (C=O) groups is 2. The monoisotopic (exact) mass is 388 g/mol. The lowest BCUT2D eigenvalue weighted by molar-refractivity contribution is -0.130. The SMILES string of the molecule is O=C(CCc1ccccc1)C1=C(O)C(=O)N(Cc2ccco2)C1c1cccnc1. The summed E-state index contributed by atoms with van der Waals surface area (Å²) in [5.41, 5.74) is 1.81. The number of carbonyl (C=O) groups excluding carboxylic acids is 2. The van der Waals surface area contributed by atoms with E-state index in [1.54, 1.807) is 36.7 Å². The Balaban J connectivity index is 1.64. The highest BCUT2D eigenvalue weighted by Gasteiger charge is 2.43. The summed E-state index contributed by atoms with van der Waals surface area (Å²) in [6, 6.07) is 16.0. The molecule has 6 heteroatoms. The zero-order valence-electron chi connectivity index (χ0n) is 15.7. The number of amides is 1. The minimum absolute atomic E-state index is 0.116. The van der Waals surface area contributed by atoms with Crippen LogP contribution < -0.4 is 0 Å². The summed E-state index contributed by atoms with van der Waals surface area (Å²) < 4.78 is 5.37. The van der Waals surface area contributed by atoms with Crippen molar-refractivity contribution in [3.63, 3.8) is 0 Å². The molecule has 146 valence electrons. The second-order valence-electron chi connectivity index (χ2n) is 6.87. The molecule has 1 aliphatic rings. The average molecular weight is 388 g/mol. The van der Waals surface area contributed by atoms with Crippen LogP contribution in [0.5, 0.6) is 0 Å². The van der Waals surface area contributed by atoms with Crippen molar-refractivity contribution in [2.45, 2.75) is 25.4 Å². The molecule has 1 aliphatic heterocycles. The number of benzene rings is 1. The molecule has 1 amide bonds. The maximum Gasteiger partial charge on any atom is 0.290 e. The highest BCUT2D eigenvalue weighted by Crippen LogP contribution is 2.39. The first kappa shape index (κ1) is 18.7. The fourth-order valence-electron chi connectivity index (χ4n) is 3.59. The number of ketones is 1. The van der Waals surface area contributed by atoms with Crippen LogP contribution in [0.1, 0.15) is 29.3 Å². The Kier molecular flexibility index (Phi) is 5.24. The summed E-state index contributed by atoms with van der Waals surface area (Å²) in [5, 5.41) is 10.6. The minimum atomic E-state index is -0.704. The Hall–Kier alpha value is -3.67. The van der Waals surface area contributed by atoms with E-state index in [1.807, 2.05) is 30.3 Å². The maximum absolute atomic E-state index is 13.1. The van der Waals surface area contributed by atoms with Crippen molar-refractivity contribution < 1.29 is 19.1 Å². The van der Waals surface area contributed by atoms with E-state index in [-0.39, 0.29) is 24.3 Å². The number of nitrogens with zero attached hydrogens (tertiary/aromatic N) is 2. The first-order valence-corrected chi connectivity index (χ1v) is 9.38.